The highest BCUT2D eigenvalue weighted by atomic mass is 35.5. The number of esters is 1. The molecule has 3 fully saturated rings. The van der Waals surface area contributed by atoms with Crippen molar-refractivity contribution < 1.29 is 29.0 Å². The second kappa shape index (κ2) is 11.8. The van der Waals surface area contributed by atoms with E-state index in [1.54, 1.807) is 46.2 Å². The quantitative estimate of drug-likeness (QED) is 0.238. The van der Waals surface area contributed by atoms with Gasteiger partial charge >= 0.3 is 5.97 Å². The molecule has 2 bridgehead atoms. The molecule has 1 aromatic rings. The Hall–Kier alpha value is -2.68. The first-order chi connectivity index (χ1) is 17.9. The summed E-state index contributed by atoms with van der Waals surface area (Å²) in [7, 11) is 0. The van der Waals surface area contributed by atoms with Gasteiger partial charge in [-0.25, -0.2) is 0 Å². The van der Waals surface area contributed by atoms with Crippen LogP contribution in [0.25, 0.3) is 0 Å². The topological polar surface area (TPSA) is 96.4 Å². The predicted molar refractivity (Wildman–Crippen MR) is 140 cm³/mol. The van der Waals surface area contributed by atoms with E-state index in [0.717, 1.165) is 6.42 Å². The van der Waals surface area contributed by atoms with Crippen LogP contribution in [0.3, 0.4) is 0 Å². The van der Waals surface area contributed by atoms with Crippen LogP contribution < -0.4 is 4.90 Å². The third-order valence-corrected chi connectivity index (χ3v) is 7.88. The number of likely N-dealkylation sites (tertiary alicyclic amines) is 1. The van der Waals surface area contributed by atoms with Crippen molar-refractivity contribution in [3.05, 3.63) is 54.6 Å². The molecule has 2 unspecified atom stereocenters. The molecule has 0 aromatic heterocycles. The maximum Gasteiger partial charge on any atom is 0.312 e. The normalized spacial score (nSPS) is 27.7. The van der Waals surface area contributed by atoms with Crippen LogP contribution in [0.1, 0.15) is 38.5 Å². The molecule has 4 rings (SSSR count). The lowest BCUT2D eigenvalue weighted by Crippen LogP contribution is -2.56. The van der Waals surface area contributed by atoms with Crippen LogP contribution in [0.2, 0.25) is 5.02 Å². The van der Waals surface area contributed by atoms with Gasteiger partial charge in [-0.1, -0.05) is 23.8 Å². The van der Waals surface area contributed by atoms with E-state index in [1.807, 2.05) is 0 Å². The molecule has 0 aliphatic carbocycles. The average molecular weight is 531 g/mol. The number of nitrogens with zero attached hydrogens (tertiary/aromatic N) is 2. The number of fused-ring (bicyclic) bond motifs is 1. The van der Waals surface area contributed by atoms with Crippen LogP contribution in [0.4, 0.5) is 5.69 Å². The number of allylic oxidation sites excluding steroid dienone is 1. The average Bonchev–Trinajstić information content (AvgIpc) is 3.53. The molecule has 200 valence electrons. The van der Waals surface area contributed by atoms with Gasteiger partial charge in [-0.05, 0) is 62.8 Å². The number of aliphatic hydroxyl groups is 1. The summed E-state index contributed by atoms with van der Waals surface area (Å²) in [6, 6.07) is 6.01. The number of rotatable bonds is 13. The van der Waals surface area contributed by atoms with Crippen LogP contribution in [-0.4, -0.2) is 71.8 Å². The SMILES string of the molecule is C=CCCCOC(=O)[C@@H]1[C@H]2C(=O)N(CCCCO)C(C(=O)N(CC=C)c3ccc(Cl)cc3)C23CC[C@H]1O3. The second-order valence-corrected chi connectivity index (χ2v) is 10.3. The number of anilines is 1. The maximum absolute atomic E-state index is 14.3. The predicted octanol–water partition coefficient (Wildman–Crippen LogP) is 3.52. The van der Waals surface area contributed by atoms with E-state index >= 15 is 0 Å². The Balaban J connectivity index is 1.67. The van der Waals surface area contributed by atoms with E-state index in [0.29, 0.717) is 42.8 Å². The summed E-state index contributed by atoms with van der Waals surface area (Å²) < 4.78 is 12.0. The van der Waals surface area contributed by atoms with E-state index < -0.39 is 35.6 Å². The van der Waals surface area contributed by atoms with Crippen LogP contribution in [0.15, 0.2) is 49.6 Å². The minimum absolute atomic E-state index is 0.0131. The van der Waals surface area contributed by atoms with Crippen LogP contribution in [0.5, 0.6) is 0 Å². The number of carbonyl (C=O) groups excluding carboxylic acids is 3. The van der Waals surface area contributed by atoms with Crippen LogP contribution in [-0.2, 0) is 23.9 Å². The van der Waals surface area contributed by atoms with E-state index in [9.17, 15) is 19.5 Å². The van der Waals surface area contributed by atoms with Crippen molar-refractivity contribution in [2.75, 3.05) is 31.2 Å². The van der Waals surface area contributed by atoms with Crippen molar-refractivity contribution >= 4 is 35.1 Å². The maximum atomic E-state index is 14.3. The summed E-state index contributed by atoms with van der Waals surface area (Å²) >= 11 is 6.07. The van der Waals surface area contributed by atoms with Crippen molar-refractivity contribution in [1.29, 1.82) is 0 Å². The van der Waals surface area contributed by atoms with E-state index in [4.69, 9.17) is 21.1 Å². The highest BCUT2D eigenvalue weighted by Crippen LogP contribution is 2.59. The number of benzene rings is 1. The first kappa shape index (κ1) is 27.4. The number of unbranched alkanes of at least 4 members (excludes halogenated alkanes) is 2. The molecule has 0 saturated carbocycles. The molecule has 8 nitrogen and oxygen atoms in total. The molecule has 1 spiro atoms. The summed E-state index contributed by atoms with van der Waals surface area (Å²) in [6.07, 6.45) is 6.42. The van der Waals surface area contributed by atoms with Crippen molar-refractivity contribution in [1.82, 2.24) is 4.90 Å². The van der Waals surface area contributed by atoms with Gasteiger partial charge in [0.25, 0.3) is 5.91 Å². The van der Waals surface area contributed by atoms with Crippen molar-refractivity contribution in [3.8, 4) is 0 Å². The van der Waals surface area contributed by atoms with Gasteiger partial charge in [0.2, 0.25) is 5.91 Å². The lowest BCUT2D eigenvalue weighted by molar-refractivity contribution is -0.155. The third kappa shape index (κ3) is 5.07. The Bertz CT molecular complexity index is 1030. The highest BCUT2D eigenvalue weighted by molar-refractivity contribution is 6.30. The Labute approximate surface area is 222 Å². The molecule has 9 heteroatoms. The molecular formula is C28H35ClN2O6. The van der Waals surface area contributed by atoms with E-state index in [2.05, 4.69) is 13.2 Å². The molecule has 2 amide bonds. The first-order valence-corrected chi connectivity index (χ1v) is 13.3. The Morgan fingerprint density at radius 2 is 1.97 bits per heavy atom. The van der Waals surface area contributed by atoms with E-state index in [-0.39, 0.29) is 38.1 Å². The number of halogens is 1. The number of aliphatic hydroxyl groups excluding tert-OH is 1. The van der Waals surface area contributed by atoms with Crippen molar-refractivity contribution in [2.24, 2.45) is 11.8 Å². The van der Waals surface area contributed by atoms with Gasteiger partial charge in [-0.2, -0.15) is 0 Å². The number of amides is 2. The van der Waals surface area contributed by atoms with Gasteiger partial charge in [0.1, 0.15) is 11.6 Å². The van der Waals surface area contributed by atoms with Gasteiger partial charge in [-0.3, -0.25) is 14.4 Å². The minimum atomic E-state index is -1.10. The Morgan fingerprint density at radius 3 is 2.65 bits per heavy atom. The van der Waals surface area contributed by atoms with Gasteiger partial charge in [0.05, 0.1) is 24.5 Å². The minimum Gasteiger partial charge on any atom is -0.465 e. The molecule has 3 heterocycles. The molecule has 3 aliphatic heterocycles. The van der Waals surface area contributed by atoms with Gasteiger partial charge in [0, 0.05) is 30.4 Å². The monoisotopic (exact) mass is 530 g/mol. The van der Waals surface area contributed by atoms with Gasteiger partial charge in [-0.15, -0.1) is 13.2 Å². The summed E-state index contributed by atoms with van der Waals surface area (Å²) in [5, 5.41) is 9.86. The first-order valence-electron chi connectivity index (χ1n) is 12.9. The van der Waals surface area contributed by atoms with Crippen molar-refractivity contribution in [2.45, 2.75) is 56.3 Å². The molecule has 3 saturated heterocycles. The Morgan fingerprint density at radius 1 is 1.22 bits per heavy atom. The number of carbonyl (C=O) groups is 3. The molecular weight excluding hydrogens is 496 g/mol. The molecule has 1 N–H and O–H groups in total. The number of ether oxygens (including phenoxy) is 2. The van der Waals surface area contributed by atoms with Gasteiger partial charge in [0.15, 0.2) is 0 Å². The summed E-state index contributed by atoms with van der Waals surface area (Å²) in [5.41, 5.74) is -0.475. The lowest BCUT2D eigenvalue weighted by atomic mass is 9.70. The zero-order valence-electron chi connectivity index (χ0n) is 21.0. The fourth-order valence-electron chi connectivity index (χ4n) is 6.05. The van der Waals surface area contributed by atoms with Crippen molar-refractivity contribution in [3.63, 3.8) is 0 Å². The number of hydrogen-bond donors (Lipinski definition) is 1. The van der Waals surface area contributed by atoms with Crippen LogP contribution in [0, 0.1) is 11.8 Å². The standard InChI is InChI=1S/C28H35ClN2O6/c1-3-5-8-18-36-27(35)22-21-13-14-28(37-21)23(22)25(33)31(16-6-7-17-32)24(28)26(34)30(15-4-2)20-11-9-19(29)10-12-20/h3-4,9-12,21-24,32H,1-2,5-8,13-18H2/t21-,22+,23+,24?,28?/m1/s1. The fourth-order valence-corrected chi connectivity index (χ4v) is 6.18. The lowest BCUT2D eigenvalue weighted by Gasteiger charge is -2.36. The molecule has 5 atom stereocenters. The zero-order chi connectivity index (χ0) is 26.6. The van der Waals surface area contributed by atoms with E-state index in [1.165, 1.54) is 0 Å². The number of hydrogen-bond acceptors (Lipinski definition) is 6. The zero-order valence-corrected chi connectivity index (χ0v) is 21.8. The summed E-state index contributed by atoms with van der Waals surface area (Å²) in [6.45, 7) is 8.24. The Kier molecular flexibility index (Phi) is 8.72. The molecule has 37 heavy (non-hydrogen) atoms. The third-order valence-electron chi connectivity index (χ3n) is 7.63. The molecule has 0 radical (unpaired) electrons. The summed E-state index contributed by atoms with van der Waals surface area (Å²) in [5.74, 6) is -2.52. The summed E-state index contributed by atoms with van der Waals surface area (Å²) in [4.78, 5) is 44.4. The largest absolute Gasteiger partial charge is 0.465 e. The smallest absolute Gasteiger partial charge is 0.312 e. The second-order valence-electron chi connectivity index (χ2n) is 9.83. The fraction of sp³-hybridized carbons (Fsp3) is 0.536. The molecule has 3 aliphatic rings. The van der Waals surface area contributed by atoms with Crippen LogP contribution >= 0.6 is 11.6 Å². The highest BCUT2D eigenvalue weighted by Gasteiger charge is 2.75. The molecule has 1 aromatic carbocycles. The van der Waals surface area contributed by atoms with Gasteiger partial charge < -0.3 is 24.4 Å².